The van der Waals surface area contributed by atoms with Crippen LogP contribution in [0.5, 0.6) is 5.75 Å². The number of rotatable bonds is 8. The maximum Gasteiger partial charge on any atom is 0.257 e. The van der Waals surface area contributed by atoms with Crippen LogP contribution in [0.2, 0.25) is 0 Å². The number of amides is 1. The van der Waals surface area contributed by atoms with Gasteiger partial charge in [-0.2, -0.15) is 0 Å². The number of thiophene rings is 1. The number of carbonyl (C=O) groups excluding carboxylic acids is 1. The molecule has 0 radical (unpaired) electrons. The number of nitrogens with one attached hydrogen (secondary N) is 2. The highest BCUT2D eigenvalue weighted by atomic mass is 32.2. The number of anilines is 1. The van der Waals surface area contributed by atoms with Crippen molar-refractivity contribution in [1.82, 2.24) is 9.71 Å². The van der Waals surface area contributed by atoms with Crippen molar-refractivity contribution >= 4 is 54.0 Å². The Balaban J connectivity index is 1.49. The van der Waals surface area contributed by atoms with Crippen LogP contribution in [-0.2, 0) is 16.6 Å². The van der Waals surface area contributed by atoms with Gasteiger partial charge in [0.2, 0.25) is 10.0 Å². The van der Waals surface area contributed by atoms with Crippen LogP contribution in [-0.4, -0.2) is 25.9 Å². The first-order chi connectivity index (χ1) is 14.9. The van der Waals surface area contributed by atoms with Crippen molar-refractivity contribution in [1.29, 1.82) is 0 Å². The Morgan fingerprint density at radius 3 is 2.77 bits per heavy atom. The molecule has 0 saturated carbocycles. The molecule has 0 saturated heterocycles. The second-order valence-corrected chi connectivity index (χ2v) is 10.3. The number of hydrogen-bond acceptors (Lipinski definition) is 7. The van der Waals surface area contributed by atoms with E-state index in [4.69, 9.17) is 4.74 Å². The first kappa shape index (κ1) is 21.4. The summed E-state index contributed by atoms with van der Waals surface area (Å²) in [6, 6.07) is 15.2. The molecule has 0 spiro atoms. The molecule has 0 fully saturated rings. The minimum absolute atomic E-state index is 0.0300. The smallest absolute Gasteiger partial charge is 0.257 e. The van der Waals surface area contributed by atoms with E-state index in [0.29, 0.717) is 11.7 Å². The Bertz CT molecular complexity index is 1310. The molecule has 7 nitrogen and oxygen atoms in total. The number of carbonyl (C=O) groups is 1. The second-order valence-electron chi connectivity index (χ2n) is 6.47. The number of aromatic nitrogens is 1. The monoisotopic (exact) mass is 473 g/mol. The zero-order valence-electron chi connectivity index (χ0n) is 16.5. The number of hydrogen-bond donors (Lipinski definition) is 2. The first-order valence-corrected chi connectivity index (χ1v) is 12.6. The van der Waals surface area contributed by atoms with E-state index in [1.807, 2.05) is 42.6 Å². The molecular formula is C21H19N3O4S3. The molecule has 2 N–H and O–H groups in total. The van der Waals surface area contributed by atoms with E-state index >= 15 is 0 Å². The minimum Gasteiger partial charge on any atom is -0.494 e. The van der Waals surface area contributed by atoms with Gasteiger partial charge in [-0.1, -0.05) is 23.5 Å². The van der Waals surface area contributed by atoms with Crippen LogP contribution in [0.3, 0.4) is 0 Å². The summed E-state index contributed by atoms with van der Waals surface area (Å²) >= 11 is 2.79. The van der Waals surface area contributed by atoms with E-state index in [1.54, 1.807) is 12.1 Å². The van der Waals surface area contributed by atoms with Gasteiger partial charge in [-0.15, -0.1) is 11.3 Å². The molecule has 0 aliphatic carbocycles. The molecule has 31 heavy (non-hydrogen) atoms. The summed E-state index contributed by atoms with van der Waals surface area (Å²) in [5, 5.41) is 5.06. The van der Waals surface area contributed by atoms with E-state index in [0.717, 1.165) is 20.8 Å². The molecule has 1 amide bonds. The summed E-state index contributed by atoms with van der Waals surface area (Å²) < 4.78 is 34.1. The molecule has 10 heteroatoms. The number of benzene rings is 2. The number of fused-ring (bicyclic) bond motifs is 1. The van der Waals surface area contributed by atoms with Crippen LogP contribution in [0.4, 0.5) is 5.13 Å². The Hall–Kier alpha value is -2.79. The summed E-state index contributed by atoms with van der Waals surface area (Å²) in [6.07, 6.45) is 0. The molecule has 0 aliphatic heterocycles. The first-order valence-electron chi connectivity index (χ1n) is 9.41. The van der Waals surface area contributed by atoms with E-state index < -0.39 is 15.9 Å². The molecule has 4 aromatic rings. The van der Waals surface area contributed by atoms with Crippen molar-refractivity contribution in [3.8, 4) is 5.75 Å². The second kappa shape index (κ2) is 9.15. The van der Waals surface area contributed by atoms with Gasteiger partial charge in [0.05, 0.1) is 21.7 Å². The Labute approximate surface area is 187 Å². The maximum atomic E-state index is 12.7. The number of sulfonamides is 1. The van der Waals surface area contributed by atoms with Crippen LogP contribution in [0.25, 0.3) is 10.2 Å². The average molecular weight is 474 g/mol. The van der Waals surface area contributed by atoms with Crippen LogP contribution in [0.15, 0.2) is 64.9 Å². The van der Waals surface area contributed by atoms with Crippen LogP contribution < -0.4 is 14.8 Å². The lowest BCUT2D eigenvalue weighted by Crippen LogP contribution is -2.23. The number of thiazole rings is 1. The molecule has 2 aromatic heterocycles. The summed E-state index contributed by atoms with van der Waals surface area (Å²) in [4.78, 5) is 18.0. The summed E-state index contributed by atoms with van der Waals surface area (Å²) in [5.74, 6) is 0.309. The third-order valence-corrected chi connectivity index (χ3v) is 7.52. The van der Waals surface area contributed by atoms with Gasteiger partial charge >= 0.3 is 0 Å². The van der Waals surface area contributed by atoms with Gasteiger partial charge in [-0.3, -0.25) is 10.1 Å². The van der Waals surface area contributed by atoms with E-state index in [1.165, 1.54) is 34.8 Å². The number of ether oxygens (including phenoxy) is 1. The molecule has 2 heterocycles. The lowest BCUT2D eigenvalue weighted by atomic mass is 10.2. The Morgan fingerprint density at radius 2 is 2.00 bits per heavy atom. The topological polar surface area (TPSA) is 97.4 Å². The van der Waals surface area contributed by atoms with Gasteiger partial charge in [-0.05, 0) is 54.8 Å². The lowest BCUT2D eigenvalue weighted by Gasteiger charge is -2.07. The highest BCUT2D eigenvalue weighted by molar-refractivity contribution is 7.89. The van der Waals surface area contributed by atoms with Crippen molar-refractivity contribution in [3.05, 3.63) is 70.4 Å². The van der Waals surface area contributed by atoms with Crippen molar-refractivity contribution in [2.24, 2.45) is 0 Å². The predicted molar refractivity (Wildman–Crippen MR) is 124 cm³/mol. The van der Waals surface area contributed by atoms with E-state index in [-0.39, 0.29) is 17.0 Å². The van der Waals surface area contributed by atoms with Crippen LogP contribution in [0.1, 0.15) is 22.2 Å². The third kappa shape index (κ3) is 5.10. The van der Waals surface area contributed by atoms with Crippen molar-refractivity contribution < 1.29 is 17.9 Å². The standard InChI is InChI=1S/C21H19N3O4S3/c1-2-28-15-8-9-18-19(12-15)30-21(23-18)24-20(25)14-5-3-7-17(11-14)31(26,27)22-13-16-6-4-10-29-16/h3-12,22H,2,13H2,1H3,(H,23,24,25). The lowest BCUT2D eigenvalue weighted by molar-refractivity contribution is 0.102. The minimum atomic E-state index is -3.75. The van der Waals surface area contributed by atoms with Crippen molar-refractivity contribution in [2.75, 3.05) is 11.9 Å². The van der Waals surface area contributed by atoms with Gasteiger partial charge in [0, 0.05) is 17.0 Å². The van der Waals surface area contributed by atoms with Crippen LogP contribution >= 0.6 is 22.7 Å². The molecule has 0 bridgehead atoms. The largest absolute Gasteiger partial charge is 0.494 e. The molecule has 4 rings (SSSR count). The molecule has 160 valence electrons. The summed E-state index contributed by atoms with van der Waals surface area (Å²) in [6.45, 7) is 2.68. The Morgan fingerprint density at radius 1 is 1.13 bits per heavy atom. The van der Waals surface area contributed by atoms with E-state index in [2.05, 4.69) is 15.0 Å². The average Bonchev–Trinajstić information content (AvgIpc) is 3.42. The fraction of sp³-hybridized carbons (Fsp3) is 0.143. The van der Waals surface area contributed by atoms with Crippen LogP contribution in [0, 0.1) is 0 Å². The normalized spacial score (nSPS) is 11.5. The fourth-order valence-corrected chi connectivity index (χ4v) is 5.53. The summed E-state index contributed by atoms with van der Waals surface area (Å²) in [7, 11) is -3.75. The quantitative estimate of drug-likeness (QED) is 0.393. The van der Waals surface area contributed by atoms with Gasteiger partial charge in [0.25, 0.3) is 5.91 Å². The van der Waals surface area contributed by atoms with Gasteiger partial charge < -0.3 is 4.74 Å². The van der Waals surface area contributed by atoms with Gasteiger partial charge in [0.15, 0.2) is 5.13 Å². The molecule has 0 aliphatic rings. The van der Waals surface area contributed by atoms with E-state index in [9.17, 15) is 13.2 Å². The van der Waals surface area contributed by atoms with Gasteiger partial charge in [0.1, 0.15) is 5.75 Å². The summed E-state index contributed by atoms with van der Waals surface area (Å²) in [5.41, 5.74) is 0.978. The van der Waals surface area contributed by atoms with Crippen molar-refractivity contribution in [3.63, 3.8) is 0 Å². The highest BCUT2D eigenvalue weighted by Crippen LogP contribution is 2.29. The van der Waals surface area contributed by atoms with Crippen molar-refractivity contribution in [2.45, 2.75) is 18.4 Å². The molecule has 2 aromatic carbocycles. The highest BCUT2D eigenvalue weighted by Gasteiger charge is 2.17. The molecule has 0 atom stereocenters. The third-order valence-electron chi connectivity index (χ3n) is 4.31. The number of nitrogens with zero attached hydrogens (tertiary/aromatic N) is 1. The fourth-order valence-electron chi connectivity index (χ4n) is 2.85. The molecule has 0 unspecified atom stereocenters. The zero-order valence-corrected chi connectivity index (χ0v) is 18.9. The Kier molecular flexibility index (Phi) is 6.33. The maximum absolute atomic E-state index is 12.7. The molecular weight excluding hydrogens is 454 g/mol. The SMILES string of the molecule is CCOc1ccc2nc(NC(=O)c3cccc(S(=O)(=O)NCc4cccs4)c3)sc2c1. The predicted octanol–water partition coefficient (Wildman–Crippen LogP) is 4.49. The van der Waals surface area contributed by atoms with Gasteiger partial charge in [-0.25, -0.2) is 18.1 Å². The zero-order chi connectivity index (χ0) is 21.8.